The lowest BCUT2D eigenvalue weighted by Crippen LogP contribution is -2.05. The van der Waals surface area contributed by atoms with E-state index in [2.05, 4.69) is 25.3 Å². The fourth-order valence-electron chi connectivity index (χ4n) is 3.33. The molecule has 2 aromatic heterocycles. The summed E-state index contributed by atoms with van der Waals surface area (Å²) in [7, 11) is 0. The van der Waals surface area contributed by atoms with E-state index < -0.39 is 11.7 Å². The molecule has 0 radical (unpaired) electrons. The number of anilines is 2. The van der Waals surface area contributed by atoms with Crippen LogP contribution in [0.4, 0.5) is 24.7 Å². The molecule has 0 saturated carbocycles. The molecule has 2 N–H and O–H groups in total. The minimum absolute atomic E-state index is 0.193. The Hall–Kier alpha value is -3.65. The van der Waals surface area contributed by atoms with Crippen LogP contribution in [0.1, 0.15) is 5.56 Å². The van der Waals surface area contributed by atoms with Crippen molar-refractivity contribution in [2.24, 2.45) is 0 Å². The molecule has 0 aliphatic heterocycles. The van der Waals surface area contributed by atoms with Crippen molar-refractivity contribution >= 4 is 45.0 Å². The second-order valence-electron chi connectivity index (χ2n) is 6.87. The van der Waals surface area contributed by atoms with Gasteiger partial charge in [0.05, 0.1) is 27.1 Å². The van der Waals surface area contributed by atoms with Crippen LogP contribution < -0.4 is 5.32 Å². The van der Waals surface area contributed by atoms with Gasteiger partial charge in [-0.2, -0.15) is 13.2 Å². The lowest BCUT2D eigenvalue weighted by atomic mass is 10.1. The molecule has 31 heavy (non-hydrogen) atoms. The maximum absolute atomic E-state index is 13.0. The van der Waals surface area contributed by atoms with Crippen LogP contribution in [0.5, 0.6) is 0 Å². The molecule has 0 atom stereocenters. The number of hydrogen-bond acceptors (Lipinski definition) is 4. The topological polar surface area (TPSA) is 66.5 Å². The molecule has 5 rings (SSSR count). The van der Waals surface area contributed by atoms with E-state index in [4.69, 9.17) is 11.6 Å². The SMILES string of the molecule is FC(F)(F)c1ccc2c(Nc3ccc(Cl)c(-c4nc5ccccc5[nH]4)c3)ncnc2c1. The van der Waals surface area contributed by atoms with Crippen LogP contribution in [0.15, 0.2) is 67.0 Å². The van der Waals surface area contributed by atoms with Crippen molar-refractivity contribution in [3.63, 3.8) is 0 Å². The summed E-state index contributed by atoms with van der Waals surface area (Å²) in [5, 5.41) is 4.12. The second-order valence-corrected chi connectivity index (χ2v) is 7.28. The summed E-state index contributed by atoms with van der Waals surface area (Å²) in [5.41, 5.74) is 2.46. The Bertz CT molecular complexity index is 1400. The van der Waals surface area contributed by atoms with Gasteiger partial charge in [-0.05, 0) is 48.5 Å². The number of halogens is 4. The average Bonchev–Trinajstić information content (AvgIpc) is 3.18. The van der Waals surface area contributed by atoms with E-state index in [9.17, 15) is 13.2 Å². The number of para-hydroxylation sites is 2. The zero-order valence-corrected chi connectivity index (χ0v) is 16.5. The largest absolute Gasteiger partial charge is 0.416 e. The van der Waals surface area contributed by atoms with Crippen molar-refractivity contribution < 1.29 is 13.2 Å². The van der Waals surface area contributed by atoms with Crippen molar-refractivity contribution in [1.82, 2.24) is 19.9 Å². The molecule has 2 heterocycles. The molecule has 0 unspecified atom stereocenters. The number of fused-ring (bicyclic) bond motifs is 2. The van der Waals surface area contributed by atoms with Crippen LogP contribution in [0.25, 0.3) is 33.3 Å². The van der Waals surface area contributed by atoms with Crippen molar-refractivity contribution in [3.05, 3.63) is 77.6 Å². The van der Waals surface area contributed by atoms with Gasteiger partial charge in [-0.3, -0.25) is 0 Å². The summed E-state index contributed by atoms with van der Waals surface area (Å²) < 4.78 is 39.0. The summed E-state index contributed by atoms with van der Waals surface area (Å²) in [5.74, 6) is 0.994. The van der Waals surface area contributed by atoms with Gasteiger partial charge in [0.2, 0.25) is 0 Å². The first kappa shape index (κ1) is 19.3. The Morgan fingerprint density at radius 3 is 2.55 bits per heavy atom. The number of nitrogens with zero attached hydrogens (tertiary/aromatic N) is 3. The Morgan fingerprint density at radius 2 is 1.74 bits per heavy atom. The van der Waals surface area contributed by atoms with Crippen LogP contribution in [-0.4, -0.2) is 19.9 Å². The van der Waals surface area contributed by atoms with Crippen LogP contribution >= 0.6 is 11.6 Å². The first-order valence-corrected chi connectivity index (χ1v) is 9.60. The molecule has 5 nitrogen and oxygen atoms in total. The van der Waals surface area contributed by atoms with E-state index in [0.29, 0.717) is 33.3 Å². The first-order valence-electron chi connectivity index (χ1n) is 9.22. The molecule has 0 fully saturated rings. The van der Waals surface area contributed by atoms with E-state index in [1.165, 1.54) is 12.4 Å². The van der Waals surface area contributed by atoms with E-state index >= 15 is 0 Å². The molecular formula is C22H13ClF3N5. The van der Waals surface area contributed by atoms with E-state index in [0.717, 1.165) is 23.2 Å². The van der Waals surface area contributed by atoms with Gasteiger partial charge in [-0.15, -0.1) is 0 Å². The van der Waals surface area contributed by atoms with Gasteiger partial charge in [-0.1, -0.05) is 23.7 Å². The van der Waals surface area contributed by atoms with Gasteiger partial charge in [0.15, 0.2) is 0 Å². The van der Waals surface area contributed by atoms with Crippen molar-refractivity contribution in [1.29, 1.82) is 0 Å². The van der Waals surface area contributed by atoms with Gasteiger partial charge >= 0.3 is 6.18 Å². The second kappa shape index (κ2) is 7.24. The van der Waals surface area contributed by atoms with Gasteiger partial charge in [0.25, 0.3) is 0 Å². The van der Waals surface area contributed by atoms with Crippen molar-refractivity contribution in [2.45, 2.75) is 6.18 Å². The van der Waals surface area contributed by atoms with Crippen LogP contribution in [-0.2, 0) is 6.18 Å². The van der Waals surface area contributed by atoms with Gasteiger partial charge in [-0.25, -0.2) is 15.0 Å². The Morgan fingerprint density at radius 1 is 0.903 bits per heavy atom. The third kappa shape index (κ3) is 3.66. The fraction of sp³-hybridized carbons (Fsp3) is 0.0455. The number of hydrogen-bond donors (Lipinski definition) is 2. The molecule has 3 aromatic carbocycles. The van der Waals surface area contributed by atoms with Crippen LogP contribution in [0.3, 0.4) is 0 Å². The van der Waals surface area contributed by atoms with Gasteiger partial charge in [0, 0.05) is 16.6 Å². The quantitative estimate of drug-likeness (QED) is 0.333. The Balaban J connectivity index is 1.53. The lowest BCUT2D eigenvalue weighted by molar-refractivity contribution is -0.137. The molecule has 9 heteroatoms. The highest BCUT2D eigenvalue weighted by atomic mass is 35.5. The van der Waals surface area contributed by atoms with E-state index in [1.54, 1.807) is 18.2 Å². The maximum Gasteiger partial charge on any atom is 0.416 e. The number of imidazole rings is 1. The molecule has 5 aromatic rings. The number of rotatable bonds is 3. The Kier molecular flexibility index (Phi) is 4.51. The Labute approximate surface area is 178 Å². The molecule has 0 bridgehead atoms. The molecular weight excluding hydrogens is 427 g/mol. The number of aromatic nitrogens is 4. The van der Waals surface area contributed by atoms with Gasteiger partial charge < -0.3 is 10.3 Å². The summed E-state index contributed by atoms with van der Waals surface area (Å²) >= 11 is 6.40. The predicted octanol–water partition coefficient (Wildman–Crippen LogP) is 6.59. The van der Waals surface area contributed by atoms with Crippen LogP contribution in [0, 0.1) is 0 Å². The third-order valence-corrected chi connectivity index (χ3v) is 5.17. The third-order valence-electron chi connectivity index (χ3n) is 4.84. The smallest absolute Gasteiger partial charge is 0.340 e. The summed E-state index contributed by atoms with van der Waals surface area (Å²) in [4.78, 5) is 16.0. The molecule has 154 valence electrons. The molecule has 0 amide bonds. The summed E-state index contributed by atoms with van der Waals surface area (Å²) in [6.07, 6.45) is -3.22. The minimum Gasteiger partial charge on any atom is -0.340 e. The van der Waals surface area contributed by atoms with Crippen molar-refractivity contribution in [3.8, 4) is 11.4 Å². The zero-order valence-electron chi connectivity index (χ0n) is 15.7. The standard InChI is InChI=1S/C22H13ClF3N5/c23-16-8-6-13(10-15(16)21-30-17-3-1-2-4-18(17)31-21)29-20-14-7-5-12(22(24,25)26)9-19(14)27-11-28-20/h1-11H,(H,30,31)(H,27,28,29). The number of aromatic amines is 1. The number of H-pyrrole nitrogens is 1. The molecule has 0 saturated heterocycles. The monoisotopic (exact) mass is 439 g/mol. The fourth-order valence-corrected chi connectivity index (χ4v) is 3.54. The van der Waals surface area contributed by atoms with Crippen molar-refractivity contribution in [2.75, 3.05) is 5.32 Å². The highest BCUT2D eigenvalue weighted by molar-refractivity contribution is 6.33. The predicted molar refractivity (Wildman–Crippen MR) is 114 cm³/mol. The molecule has 0 spiro atoms. The van der Waals surface area contributed by atoms with E-state index in [-0.39, 0.29) is 5.52 Å². The summed E-state index contributed by atoms with van der Waals surface area (Å²) in [6, 6.07) is 16.3. The molecule has 0 aliphatic rings. The summed E-state index contributed by atoms with van der Waals surface area (Å²) in [6.45, 7) is 0. The highest BCUT2D eigenvalue weighted by Crippen LogP contribution is 2.34. The number of nitrogens with one attached hydrogen (secondary N) is 2. The van der Waals surface area contributed by atoms with Gasteiger partial charge in [0.1, 0.15) is 18.0 Å². The number of alkyl halides is 3. The minimum atomic E-state index is -4.44. The number of benzene rings is 3. The lowest BCUT2D eigenvalue weighted by Gasteiger charge is -2.12. The maximum atomic E-state index is 13.0. The van der Waals surface area contributed by atoms with E-state index in [1.807, 2.05) is 24.3 Å². The zero-order chi connectivity index (χ0) is 21.6. The van der Waals surface area contributed by atoms with Crippen LogP contribution in [0.2, 0.25) is 5.02 Å². The molecule has 0 aliphatic carbocycles. The average molecular weight is 440 g/mol. The normalized spacial score (nSPS) is 11.9. The highest BCUT2D eigenvalue weighted by Gasteiger charge is 2.30. The first-order chi connectivity index (χ1) is 14.9.